The lowest BCUT2D eigenvalue weighted by Gasteiger charge is -2.23. The minimum absolute atomic E-state index is 0.0365. The number of nitrogens with zero attached hydrogens (tertiary/aromatic N) is 2. The van der Waals surface area contributed by atoms with Gasteiger partial charge < -0.3 is 14.8 Å². The third-order valence-corrected chi connectivity index (χ3v) is 4.00. The van der Waals surface area contributed by atoms with Crippen LogP contribution in [-0.4, -0.2) is 49.1 Å². The van der Waals surface area contributed by atoms with E-state index in [-0.39, 0.29) is 11.9 Å². The molecule has 0 bridgehead atoms. The predicted molar refractivity (Wildman–Crippen MR) is 101 cm³/mol. The molecule has 0 aliphatic heterocycles. The van der Waals surface area contributed by atoms with Crippen LogP contribution in [-0.2, 0) is 4.79 Å². The van der Waals surface area contributed by atoms with E-state index in [4.69, 9.17) is 9.47 Å². The fourth-order valence-corrected chi connectivity index (χ4v) is 2.43. The van der Waals surface area contributed by atoms with E-state index in [2.05, 4.69) is 10.3 Å². The van der Waals surface area contributed by atoms with Gasteiger partial charge in [-0.1, -0.05) is 6.07 Å². The lowest BCUT2D eigenvalue weighted by atomic mass is 10.2. The van der Waals surface area contributed by atoms with Gasteiger partial charge in [-0.2, -0.15) is 0 Å². The number of hydrogen-bond acceptors (Lipinski definition) is 5. The summed E-state index contributed by atoms with van der Waals surface area (Å²) in [4.78, 5) is 18.4. The predicted octanol–water partition coefficient (Wildman–Crippen LogP) is 2.67. The van der Waals surface area contributed by atoms with E-state index in [1.54, 1.807) is 6.20 Å². The van der Waals surface area contributed by atoms with Crippen LogP contribution in [0.1, 0.15) is 25.6 Å². The molecule has 2 rings (SSSR count). The molecule has 0 saturated heterocycles. The van der Waals surface area contributed by atoms with Gasteiger partial charge in [0.15, 0.2) is 0 Å². The number of carbonyl (C=O) groups excluding carboxylic acids is 1. The largest absolute Gasteiger partial charge is 0.494 e. The number of amides is 1. The van der Waals surface area contributed by atoms with Crippen LogP contribution in [0.2, 0.25) is 0 Å². The number of nitrogens with one attached hydrogen (secondary N) is 1. The topological polar surface area (TPSA) is 63.7 Å². The minimum Gasteiger partial charge on any atom is -0.494 e. The average Bonchev–Trinajstić information content (AvgIpc) is 2.67. The van der Waals surface area contributed by atoms with E-state index >= 15 is 0 Å². The van der Waals surface area contributed by atoms with Gasteiger partial charge in [-0.15, -0.1) is 0 Å². The Bertz CT molecular complexity index is 662. The van der Waals surface area contributed by atoms with Gasteiger partial charge in [-0.25, -0.2) is 0 Å². The van der Waals surface area contributed by atoms with Crippen molar-refractivity contribution in [1.82, 2.24) is 15.2 Å². The smallest absolute Gasteiger partial charge is 0.234 e. The number of aromatic nitrogens is 1. The summed E-state index contributed by atoms with van der Waals surface area (Å²) in [6.07, 6.45) is 1.76. The summed E-state index contributed by atoms with van der Waals surface area (Å²) in [5, 5.41) is 2.87. The van der Waals surface area contributed by atoms with Gasteiger partial charge in [0.1, 0.15) is 18.1 Å². The quantitative estimate of drug-likeness (QED) is 0.663. The highest BCUT2D eigenvalue weighted by atomic mass is 16.5. The van der Waals surface area contributed by atoms with Crippen LogP contribution >= 0.6 is 0 Å². The first-order valence-corrected chi connectivity index (χ1v) is 8.83. The van der Waals surface area contributed by atoms with Crippen LogP contribution in [0, 0.1) is 0 Å². The highest BCUT2D eigenvalue weighted by Gasteiger charge is 2.15. The van der Waals surface area contributed by atoms with E-state index < -0.39 is 0 Å². The third-order valence-electron chi connectivity index (χ3n) is 4.00. The van der Waals surface area contributed by atoms with Crippen molar-refractivity contribution in [2.75, 3.05) is 33.4 Å². The standard InChI is InChI=1S/C20H27N3O3/c1-4-25-17-8-10-18(11-9-17)26-14-13-22-20(24)15-23(3)16(2)19-7-5-6-12-21-19/h5-12,16H,4,13-15H2,1-3H3,(H,22,24). The molecule has 2 aromatic rings. The fraction of sp³-hybridized carbons (Fsp3) is 0.400. The van der Waals surface area contributed by atoms with Gasteiger partial charge in [0, 0.05) is 12.2 Å². The Morgan fingerprint density at radius 2 is 1.85 bits per heavy atom. The average molecular weight is 357 g/mol. The molecule has 1 unspecified atom stereocenters. The maximum Gasteiger partial charge on any atom is 0.234 e. The third kappa shape index (κ3) is 6.37. The molecule has 0 aliphatic carbocycles. The van der Waals surface area contributed by atoms with Gasteiger partial charge in [-0.05, 0) is 57.3 Å². The lowest BCUT2D eigenvalue weighted by Crippen LogP contribution is -2.38. The van der Waals surface area contributed by atoms with Gasteiger partial charge in [0.2, 0.25) is 5.91 Å². The van der Waals surface area contributed by atoms with E-state index in [0.29, 0.717) is 26.3 Å². The summed E-state index contributed by atoms with van der Waals surface area (Å²) in [6, 6.07) is 13.3. The van der Waals surface area contributed by atoms with Crippen LogP contribution < -0.4 is 14.8 Å². The van der Waals surface area contributed by atoms with Crippen LogP contribution in [0.25, 0.3) is 0 Å². The zero-order valence-corrected chi connectivity index (χ0v) is 15.6. The molecule has 0 radical (unpaired) electrons. The van der Waals surface area contributed by atoms with Crippen molar-refractivity contribution < 1.29 is 14.3 Å². The summed E-state index contributed by atoms with van der Waals surface area (Å²) in [7, 11) is 1.91. The Morgan fingerprint density at radius 3 is 2.46 bits per heavy atom. The van der Waals surface area contributed by atoms with Crippen molar-refractivity contribution in [3.63, 3.8) is 0 Å². The number of carbonyl (C=O) groups is 1. The molecule has 1 atom stereocenters. The molecule has 6 nitrogen and oxygen atoms in total. The first-order chi connectivity index (χ1) is 12.6. The van der Waals surface area contributed by atoms with Gasteiger partial charge in [0.05, 0.1) is 25.4 Å². The highest BCUT2D eigenvalue weighted by molar-refractivity contribution is 5.78. The summed E-state index contributed by atoms with van der Waals surface area (Å²) in [5.41, 5.74) is 0.946. The molecule has 1 N–H and O–H groups in total. The molecule has 0 aliphatic rings. The molecule has 26 heavy (non-hydrogen) atoms. The molecule has 140 valence electrons. The van der Waals surface area contributed by atoms with Crippen LogP contribution in [0.15, 0.2) is 48.7 Å². The Kier molecular flexibility index (Phi) is 7.89. The van der Waals surface area contributed by atoms with Crippen LogP contribution in [0.3, 0.4) is 0 Å². The SMILES string of the molecule is CCOc1ccc(OCCNC(=O)CN(C)C(C)c2ccccn2)cc1. The summed E-state index contributed by atoms with van der Waals surface area (Å²) < 4.78 is 11.0. The molecule has 0 fully saturated rings. The van der Waals surface area contributed by atoms with Gasteiger partial charge in [0.25, 0.3) is 0 Å². The number of pyridine rings is 1. The first kappa shape index (κ1) is 19.7. The first-order valence-electron chi connectivity index (χ1n) is 8.83. The molecular formula is C20H27N3O3. The van der Waals surface area contributed by atoms with E-state index in [9.17, 15) is 4.79 Å². The number of benzene rings is 1. The Labute approximate surface area is 155 Å². The van der Waals surface area contributed by atoms with Crippen LogP contribution in [0.5, 0.6) is 11.5 Å². The zero-order valence-electron chi connectivity index (χ0n) is 15.6. The Balaban J connectivity index is 1.67. The number of ether oxygens (including phenoxy) is 2. The van der Waals surface area contributed by atoms with Crippen LogP contribution in [0.4, 0.5) is 0 Å². The lowest BCUT2D eigenvalue weighted by molar-refractivity contribution is -0.122. The number of hydrogen-bond donors (Lipinski definition) is 1. The second kappa shape index (κ2) is 10.4. The minimum atomic E-state index is -0.0365. The molecule has 0 spiro atoms. The Morgan fingerprint density at radius 1 is 1.15 bits per heavy atom. The maximum absolute atomic E-state index is 12.1. The van der Waals surface area contributed by atoms with Crippen molar-refractivity contribution in [3.8, 4) is 11.5 Å². The molecular weight excluding hydrogens is 330 g/mol. The second-order valence-corrected chi connectivity index (χ2v) is 5.95. The summed E-state index contributed by atoms with van der Waals surface area (Å²) in [5.74, 6) is 1.53. The summed E-state index contributed by atoms with van der Waals surface area (Å²) >= 11 is 0. The van der Waals surface area contributed by atoms with Crippen molar-refractivity contribution in [1.29, 1.82) is 0 Å². The van der Waals surface area contributed by atoms with Crippen molar-refractivity contribution >= 4 is 5.91 Å². The number of rotatable bonds is 10. The molecule has 1 aromatic heterocycles. The highest BCUT2D eigenvalue weighted by Crippen LogP contribution is 2.17. The van der Waals surface area contributed by atoms with E-state index in [1.165, 1.54) is 0 Å². The number of likely N-dealkylation sites (N-methyl/N-ethyl adjacent to an activating group) is 1. The van der Waals surface area contributed by atoms with Gasteiger partial charge >= 0.3 is 0 Å². The monoisotopic (exact) mass is 357 g/mol. The van der Waals surface area contributed by atoms with Crippen molar-refractivity contribution in [2.45, 2.75) is 19.9 Å². The molecule has 1 aromatic carbocycles. The van der Waals surface area contributed by atoms with E-state index in [1.807, 2.05) is 68.3 Å². The molecule has 1 amide bonds. The van der Waals surface area contributed by atoms with E-state index in [0.717, 1.165) is 17.2 Å². The molecule has 6 heteroatoms. The molecule has 0 saturated carbocycles. The zero-order chi connectivity index (χ0) is 18.8. The maximum atomic E-state index is 12.1. The molecule has 1 heterocycles. The summed E-state index contributed by atoms with van der Waals surface area (Å²) in [6.45, 7) is 5.80. The fourth-order valence-electron chi connectivity index (χ4n) is 2.43. The van der Waals surface area contributed by atoms with Crippen molar-refractivity contribution in [3.05, 3.63) is 54.4 Å². The van der Waals surface area contributed by atoms with Gasteiger partial charge in [-0.3, -0.25) is 14.7 Å². The second-order valence-electron chi connectivity index (χ2n) is 5.95. The Hall–Kier alpha value is -2.60. The normalized spacial score (nSPS) is 11.8. The van der Waals surface area contributed by atoms with Crippen molar-refractivity contribution in [2.24, 2.45) is 0 Å².